The van der Waals surface area contributed by atoms with Crippen molar-refractivity contribution in [3.63, 3.8) is 0 Å². The number of hydrogen-bond donors (Lipinski definition) is 2. The molecule has 0 radical (unpaired) electrons. The number of rotatable bonds is 3. The van der Waals surface area contributed by atoms with Crippen LogP contribution in [0.4, 0.5) is 4.79 Å². The smallest absolute Gasteiger partial charge is 0.491 e. The first-order valence-electron chi connectivity index (χ1n) is 13.6. The van der Waals surface area contributed by atoms with Crippen molar-refractivity contribution >= 4 is 87.9 Å². The molecule has 2 aromatic rings. The lowest BCUT2D eigenvalue weighted by Crippen LogP contribution is -2.36. The van der Waals surface area contributed by atoms with Crippen molar-refractivity contribution in [2.75, 3.05) is 26.3 Å². The lowest BCUT2D eigenvalue weighted by molar-refractivity contribution is 0.0485. The summed E-state index contributed by atoms with van der Waals surface area (Å²) in [5.74, 6) is 1.61. The molecular formula is C27H36B2Br2Cl2N2O8. The Bertz CT molecular complexity index is 1310. The zero-order valence-corrected chi connectivity index (χ0v) is 29.3. The van der Waals surface area contributed by atoms with Crippen LogP contribution < -0.4 is 31.4 Å². The van der Waals surface area contributed by atoms with Gasteiger partial charge in [-0.25, -0.2) is 4.79 Å². The van der Waals surface area contributed by atoms with Crippen LogP contribution in [-0.4, -0.2) is 64.4 Å². The molecule has 0 aliphatic carbocycles. The van der Waals surface area contributed by atoms with E-state index in [1.165, 1.54) is 0 Å². The summed E-state index contributed by atoms with van der Waals surface area (Å²) in [7, 11) is -0.848. The zero-order chi connectivity index (χ0) is 29.5. The normalized spacial score (nSPS) is 23.0. The highest BCUT2D eigenvalue weighted by molar-refractivity contribution is 9.10. The summed E-state index contributed by atoms with van der Waals surface area (Å²) in [5, 5.41) is 2.76. The number of ether oxygens (including phenoxy) is 3. The van der Waals surface area contributed by atoms with Crippen LogP contribution in [0.25, 0.3) is 0 Å². The summed E-state index contributed by atoms with van der Waals surface area (Å²) in [5.41, 5.74) is 9.08. The van der Waals surface area contributed by atoms with Gasteiger partial charge in [0.15, 0.2) is 0 Å². The van der Waals surface area contributed by atoms with Crippen molar-refractivity contribution in [2.45, 2.75) is 64.6 Å². The van der Waals surface area contributed by atoms with Crippen LogP contribution in [0.2, 0.25) is 0 Å². The van der Waals surface area contributed by atoms with Gasteiger partial charge in [-0.05, 0) is 70.0 Å². The van der Waals surface area contributed by atoms with E-state index < -0.39 is 18.8 Å². The molecular weight excluding hydrogens is 733 g/mol. The third-order valence-corrected chi connectivity index (χ3v) is 8.17. The van der Waals surface area contributed by atoms with Gasteiger partial charge in [0.25, 0.3) is 0 Å². The Morgan fingerprint density at radius 1 is 0.884 bits per heavy atom. The average molecular weight is 769 g/mol. The van der Waals surface area contributed by atoms with Crippen molar-refractivity contribution in [3.05, 3.63) is 44.3 Å². The summed E-state index contributed by atoms with van der Waals surface area (Å²) in [6.45, 7) is 11.1. The maximum Gasteiger partial charge on any atom is 0.498 e. The number of hydrogen-bond acceptors (Lipinski definition) is 9. The van der Waals surface area contributed by atoms with Gasteiger partial charge in [0.2, 0.25) is 0 Å². The SMILES string of the molecule is CC1COc2ccc(Br)c3c2B(O1)O[C@@H]3CN.CC1COc2ccc(Br)c3c2B(O1)O[C@@H]3CNC(=O)OC(C)(C)C.Cl.Cl. The highest BCUT2D eigenvalue weighted by Gasteiger charge is 2.45. The average Bonchev–Trinajstić information content (AvgIpc) is 3.35. The molecule has 0 fully saturated rings. The number of amides is 1. The molecule has 10 nitrogen and oxygen atoms in total. The van der Waals surface area contributed by atoms with Gasteiger partial charge in [-0.3, -0.25) is 0 Å². The van der Waals surface area contributed by atoms with Crippen molar-refractivity contribution in [2.24, 2.45) is 5.73 Å². The Balaban J connectivity index is 0.000000236. The zero-order valence-electron chi connectivity index (χ0n) is 24.5. The van der Waals surface area contributed by atoms with E-state index in [2.05, 4.69) is 37.2 Å². The number of carbonyl (C=O) groups excluding carboxylic acids is 1. The monoisotopic (exact) mass is 766 g/mol. The first-order valence-corrected chi connectivity index (χ1v) is 15.2. The van der Waals surface area contributed by atoms with Crippen LogP contribution in [0.15, 0.2) is 33.2 Å². The second kappa shape index (κ2) is 14.9. The van der Waals surface area contributed by atoms with E-state index in [1.807, 2.05) is 58.9 Å². The summed E-state index contributed by atoms with van der Waals surface area (Å²) >= 11 is 7.10. The fourth-order valence-corrected chi connectivity index (χ4v) is 6.27. The Hall–Kier alpha value is -1.22. The van der Waals surface area contributed by atoms with Gasteiger partial charge in [0.05, 0.1) is 24.4 Å². The van der Waals surface area contributed by atoms with Crippen molar-refractivity contribution in [1.29, 1.82) is 0 Å². The largest absolute Gasteiger partial charge is 0.498 e. The summed E-state index contributed by atoms with van der Waals surface area (Å²) < 4.78 is 42.3. The molecule has 0 spiro atoms. The Morgan fingerprint density at radius 2 is 1.35 bits per heavy atom. The number of nitrogens with one attached hydrogen (secondary N) is 1. The topological polar surface area (TPSA) is 120 Å². The predicted octanol–water partition coefficient (Wildman–Crippen LogP) is 4.35. The molecule has 4 atom stereocenters. The van der Waals surface area contributed by atoms with E-state index in [9.17, 15) is 4.79 Å². The predicted molar refractivity (Wildman–Crippen MR) is 177 cm³/mol. The third-order valence-electron chi connectivity index (χ3n) is 6.78. The molecule has 6 rings (SSSR count). The molecule has 1 amide bonds. The van der Waals surface area contributed by atoms with Crippen LogP contribution in [0, 0.1) is 0 Å². The third kappa shape index (κ3) is 8.14. The van der Waals surface area contributed by atoms with Crippen molar-refractivity contribution < 1.29 is 37.6 Å². The van der Waals surface area contributed by atoms with Gasteiger partial charge >= 0.3 is 20.3 Å². The van der Waals surface area contributed by atoms with Crippen LogP contribution in [0.5, 0.6) is 11.5 Å². The molecule has 4 heterocycles. The van der Waals surface area contributed by atoms with Crippen LogP contribution in [0.1, 0.15) is 58.0 Å². The van der Waals surface area contributed by atoms with E-state index in [4.69, 9.17) is 38.6 Å². The van der Waals surface area contributed by atoms with Crippen LogP contribution >= 0.6 is 56.7 Å². The molecule has 4 aliphatic heterocycles. The van der Waals surface area contributed by atoms with E-state index in [-0.39, 0.29) is 62.9 Å². The number of nitrogens with two attached hydrogens (primary N) is 1. The van der Waals surface area contributed by atoms with Crippen LogP contribution in [0.3, 0.4) is 0 Å². The minimum Gasteiger partial charge on any atom is -0.491 e. The van der Waals surface area contributed by atoms with Gasteiger partial charge in [-0.15, -0.1) is 24.8 Å². The van der Waals surface area contributed by atoms with E-state index >= 15 is 0 Å². The summed E-state index contributed by atoms with van der Waals surface area (Å²) in [6, 6.07) is 7.75. The second-order valence-corrected chi connectivity index (χ2v) is 13.0. The highest BCUT2D eigenvalue weighted by atomic mass is 79.9. The molecule has 236 valence electrons. The lowest BCUT2D eigenvalue weighted by Gasteiger charge is -2.21. The number of halogens is 4. The highest BCUT2D eigenvalue weighted by Crippen LogP contribution is 2.37. The fraction of sp³-hybridized carbons (Fsp3) is 0.519. The molecule has 0 saturated heterocycles. The quantitative estimate of drug-likeness (QED) is 0.440. The molecule has 2 unspecified atom stereocenters. The second-order valence-electron chi connectivity index (χ2n) is 11.3. The fourth-order valence-electron chi connectivity index (χ4n) is 5.07. The molecule has 0 saturated carbocycles. The first kappa shape index (κ1) is 36.3. The Morgan fingerprint density at radius 3 is 1.81 bits per heavy atom. The molecule has 4 aliphatic rings. The number of benzene rings is 2. The lowest BCUT2D eigenvalue weighted by atomic mass is 9.77. The molecule has 2 aromatic carbocycles. The standard InChI is InChI=1S/C16H21BBrNO5.C11H13BBrNO3.2ClH/c1-9-8-21-11-6-5-10(18)13-12(24-17(23-9)14(11)13)7-19-15(20)22-16(2,3)4;1-6-5-15-8-3-2-7(13)10-9(4-14)17-12(16-6)11(8)10;;/h5-6,9,12H,7-8H2,1-4H3,(H,19,20);2-3,6,9H,4-5,14H2,1H3;2*1H/t9?,12-;6?,9-;;/m11../s1. The van der Waals surface area contributed by atoms with Crippen molar-refractivity contribution in [3.8, 4) is 11.5 Å². The molecule has 3 N–H and O–H groups in total. The van der Waals surface area contributed by atoms with Crippen LogP contribution in [-0.2, 0) is 23.4 Å². The number of alkyl carbamates (subject to hydrolysis) is 1. The van der Waals surface area contributed by atoms with Crippen molar-refractivity contribution in [1.82, 2.24) is 5.32 Å². The maximum atomic E-state index is 11.9. The minimum atomic E-state index is -0.540. The summed E-state index contributed by atoms with van der Waals surface area (Å²) in [6.07, 6.45) is -0.998. The molecule has 0 aromatic heterocycles. The molecule has 16 heteroatoms. The maximum absolute atomic E-state index is 11.9. The summed E-state index contributed by atoms with van der Waals surface area (Å²) in [4.78, 5) is 11.9. The molecule has 0 bridgehead atoms. The number of carbonyl (C=O) groups is 1. The first-order chi connectivity index (χ1) is 19.4. The van der Waals surface area contributed by atoms with Gasteiger partial charge in [-0.1, -0.05) is 31.9 Å². The Kier molecular flexibility index (Phi) is 12.6. The van der Waals surface area contributed by atoms with E-state index in [0.717, 1.165) is 42.5 Å². The Labute approximate surface area is 282 Å². The minimum absolute atomic E-state index is 0. The van der Waals surface area contributed by atoms with Gasteiger partial charge in [-0.2, -0.15) is 0 Å². The van der Waals surface area contributed by atoms with Gasteiger partial charge in [0, 0.05) is 33.0 Å². The van der Waals surface area contributed by atoms with Gasteiger partial charge < -0.3 is 43.9 Å². The van der Waals surface area contributed by atoms with E-state index in [0.29, 0.717) is 19.8 Å². The van der Waals surface area contributed by atoms with E-state index in [1.54, 1.807) is 0 Å². The molecule has 43 heavy (non-hydrogen) atoms. The van der Waals surface area contributed by atoms with Gasteiger partial charge in [0.1, 0.15) is 30.3 Å².